The first-order chi connectivity index (χ1) is 14.4. The first kappa shape index (κ1) is 23.1. The van der Waals surface area contributed by atoms with Crippen LogP contribution >= 0.6 is 23.4 Å². The summed E-state index contributed by atoms with van der Waals surface area (Å²) in [6.07, 6.45) is 0. The van der Waals surface area contributed by atoms with Crippen LogP contribution in [0.2, 0.25) is 5.02 Å². The van der Waals surface area contributed by atoms with Gasteiger partial charge in [-0.25, -0.2) is 8.42 Å². The van der Waals surface area contributed by atoms with Crippen LogP contribution in [0.1, 0.15) is 21.5 Å². The molecule has 0 aromatic heterocycles. The largest absolute Gasteiger partial charge is 0.379 e. The summed E-state index contributed by atoms with van der Waals surface area (Å²) < 4.78 is 32.3. The van der Waals surface area contributed by atoms with Gasteiger partial charge in [-0.2, -0.15) is 16.1 Å². The quantitative estimate of drug-likeness (QED) is 0.601. The van der Waals surface area contributed by atoms with Crippen LogP contribution in [0.4, 0.5) is 0 Å². The molecule has 6 nitrogen and oxygen atoms in total. The zero-order chi connectivity index (χ0) is 21.6. The van der Waals surface area contributed by atoms with E-state index < -0.39 is 10.0 Å². The minimum Gasteiger partial charge on any atom is -0.379 e. The highest BCUT2D eigenvalue weighted by Crippen LogP contribution is 2.21. The Labute approximate surface area is 187 Å². The van der Waals surface area contributed by atoms with Crippen LogP contribution in [-0.2, 0) is 20.5 Å². The molecule has 3 rings (SSSR count). The molecule has 0 spiro atoms. The SMILES string of the molecule is Cc1ccc(S(=O)(=O)N2CCOCC2)cc1C(=O)NCCSCc1ccc(Cl)cc1. The Balaban J connectivity index is 1.56. The number of carbonyl (C=O) groups excluding carboxylic acids is 1. The smallest absolute Gasteiger partial charge is 0.251 e. The van der Waals surface area contributed by atoms with E-state index >= 15 is 0 Å². The van der Waals surface area contributed by atoms with Crippen molar-refractivity contribution in [2.45, 2.75) is 17.6 Å². The second-order valence-corrected chi connectivity index (χ2v) is 10.4. The monoisotopic (exact) mass is 468 g/mol. The van der Waals surface area contributed by atoms with Crippen molar-refractivity contribution in [3.05, 3.63) is 64.2 Å². The molecule has 0 aliphatic carbocycles. The molecule has 1 N–H and O–H groups in total. The number of ether oxygens (including phenoxy) is 1. The van der Waals surface area contributed by atoms with Gasteiger partial charge in [0, 0.05) is 41.7 Å². The summed E-state index contributed by atoms with van der Waals surface area (Å²) in [4.78, 5) is 12.8. The van der Waals surface area contributed by atoms with Crippen LogP contribution in [0.5, 0.6) is 0 Å². The number of morpholine rings is 1. The molecule has 9 heteroatoms. The number of thioether (sulfide) groups is 1. The summed E-state index contributed by atoms with van der Waals surface area (Å²) in [5.74, 6) is 1.32. The Morgan fingerprint density at radius 1 is 1.17 bits per heavy atom. The van der Waals surface area contributed by atoms with Crippen LogP contribution < -0.4 is 5.32 Å². The van der Waals surface area contributed by atoms with E-state index in [-0.39, 0.29) is 10.8 Å². The maximum absolute atomic E-state index is 12.9. The van der Waals surface area contributed by atoms with Gasteiger partial charge in [0.15, 0.2) is 0 Å². The highest BCUT2D eigenvalue weighted by molar-refractivity contribution is 7.98. The molecule has 0 radical (unpaired) electrons. The van der Waals surface area contributed by atoms with E-state index in [1.54, 1.807) is 30.8 Å². The fourth-order valence-corrected chi connectivity index (χ4v) is 5.42. The van der Waals surface area contributed by atoms with Crippen LogP contribution in [0.25, 0.3) is 0 Å². The summed E-state index contributed by atoms with van der Waals surface area (Å²) >= 11 is 7.59. The van der Waals surface area contributed by atoms with E-state index in [9.17, 15) is 13.2 Å². The molecule has 1 fully saturated rings. The van der Waals surface area contributed by atoms with Gasteiger partial charge in [0.1, 0.15) is 0 Å². The van der Waals surface area contributed by atoms with Crippen LogP contribution in [-0.4, -0.2) is 57.2 Å². The summed E-state index contributed by atoms with van der Waals surface area (Å²) in [6, 6.07) is 12.4. The molecule has 1 saturated heterocycles. The van der Waals surface area contributed by atoms with E-state index in [4.69, 9.17) is 16.3 Å². The van der Waals surface area contributed by atoms with Gasteiger partial charge in [-0.15, -0.1) is 0 Å². The van der Waals surface area contributed by atoms with Gasteiger partial charge in [0.25, 0.3) is 5.91 Å². The molecule has 1 aliphatic rings. The number of nitrogens with one attached hydrogen (secondary N) is 1. The lowest BCUT2D eigenvalue weighted by molar-refractivity contribution is 0.0730. The number of hydrogen-bond donors (Lipinski definition) is 1. The third-order valence-corrected chi connectivity index (χ3v) is 7.95. The van der Waals surface area contributed by atoms with E-state index in [2.05, 4.69) is 5.32 Å². The Morgan fingerprint density at radius 2 is 1.87 bits per heavy atom. The van der Waals surface area contributed by atoms with Gasteiger partial charge < -0.3 is 10.1 Å². The minimum absolute atomic E-state index is 0.136. The minimum atomic E-state index is -3.64. The van der Waals surface area contributed by atoms with Crippen LogP contribution in [0.3, 0.4) is 0 Å². The number of halogens is 1. The van der Waals surface area contributed by atoms with Crippen molar-refractivity contribution in [3.8, 4) is 0 Å². The molecular formula is C21H25ClN2O4S2. The van der Waals surface area contributed by atoms with Gasteiger partial charge in [-0.1, -0.05) is 29.8 Å². The lowest BCUT2D eigenvalue weighted by atomic mass is 10.1. The van der Waals surface area contributed by atoms with Gasteiger partial charge in [-0.05, 0) is 42.3 Å². The molecule has 0 unspecified atom stereocenters. The summed E-state index contributed by atoms with van der Waals surface area (Å²) in [5.41, 5.74) is 2.29. The fraction of sp³-hybridized carbons (Fsp3) is 0.381. The van der Waals surface area contributed by atoms with E-state index in [0.29, 0.717) is 43.4 Å². The molecule has 2 aromatic carbocycles. The average molecular weight is 469 g/mol. The van der Waals surface area contributed by atoms with Crippen molar-refractivity contribution in [1.82, 2.24) is 9.62 Å². The molecule has 1 aliphatic heterocycles. The number of rotatable bonds is 8. The molecule has 2 aromatic rings. The molecular weight excluding hydrogens is 444 g/mol. The van der Waals surface area contributed by atoms with E-state index in [0.717, 1.165) is 17.1 Å². The number of nitrogens with zero attached hydrogens (tertiary/aromatic N) is 1. The molecule has 0 bridgehead atoms. The maximum Gasteiger partial charge on any atom is 0.251 e. The topological polar surface area (TPSA) is 75.7 Å². The molecule has 1 amide bonds. The molecule has 0 saturated carbocycles. The number of sulfonamides is 1. The predicted molar refractivity (Wildman–Crippen MR) is 121 cm³/mol. The lowest BCUT2D eigenvalue weighted by Crippen LogP contribution is -2.40. The number of amides is 1. The number of benzene rings is 2. The van der Waals surface area contributed by atoms with Crippen LogP contribution in [0, 0.1) is 6.92 Å². The van der Waals surface area contributed by atoms with Gasteiger partial charge in [-0.3, -0.25) is 4.79 Å². The summed E-state index contributed by atoms with van der Waals surface area (Å²) in [6.45, 7) is 3.70. The predicted octanol–water partition coefficient (Wildman–Crippen LogP) is 3.33. The van der Waals surface area contributed by atoms with Crippen molar-refractivity contribution in [2.75, 3.05) is 38.6 Å². The summed E-state index contributed by atoms with van der Waals surface area (Å²) in [7, 11) is -3.64. The number of hydrogen-bond acceptors (Lipinski definition) is 5. The summed E-state index contributed by atoms with van der Waals surface area (Å²) in [5, 5.41) is 3.60. The maximum atomic E-state index is 12.9. The van der Waals surface area contributed by atoms with Crippen LogP contribution in [0.15, 0.2) is 47.4 Å². The van der Waals surface area contributed by atoms with Gasteiger partial charge in [0.05, 0.1) is 18.1 Å². The lowest BCUT2D eigenvalue weighted by Gasteiger charge is -2.26. The van der Waals surface area contributed by atoms with Crippen molar-refractivity contribution >= 4 is 39.3 Å². The zero-order valence-electron chi connectivity index (χ0n) is 16.8. The first-order valence-corrected chi connectivity index (χ1v) is 12.6. The molecule has 162 valence electrons. The number of aryl methyl sites for hydroxylation is 1. The van der Waals surface area contributed by atoms with Crippen molar-refractivity contribution in [1.29, 1.82) is 0 Å². The second-order valence-electron chi connectivity index (χ2n) is 6.93. The third kappa shape index (κ3) is 5.98. The first-order valence-electron chi connectivity index (χ1n) is 9.67. The van der Waals surface area contributed by atoms with Crippen molar-refractivity contribution in [3.63, 3.8) is 0 Å². The second kappa shape index (κ2) is 10.6. The van der Waals surface area contributed by atoms with Gasteiger partial charge >= 0.3 is 0 Å². The zero-order valence-corrected chi connectivity index (χ0v) is 19.2. The Morgan fingerprint density at radius 3 is 2.57 bits per heavy atom. The molecule has 0 atom stereocenters. The molecule has 1 heterocycles. The van der Waals surface area contributed by atoms with E-state index in [1.165, 1.54) is 15.9 Å². The highest BCUT2D eigenvalue weighted by Gasteiger charge is 2.27. The van der Waals surface area contributed by atoms with Gasteiger partial charge in [0.2, 0.25) is 10.0 Å². The Bertz CT molecular complexity index is 975. The van der Waals surface area contributed by atoms with Crippen molar-refractivity contribution < 1.29 is 17.9 Å². The molecule has 30 heavy (non-hydrogen) atoms. The average Bonchev–Trinajstić information content (AvgIpc) is 2.75. The highest BCUT2D eigenvalue weighted by atomic mass is 35.5. The Hall–Kier alpha value is -1.58. The normalized spacial score (nSPS) is 15.1. The third-order valence-electron chi connectivity index (χ3n) is 4.78. The standard InChI is InChI=1S/C21H25ClN2O4S2/c1-16-2-7-19(30(26,27)24-9-11-28-12-10-24)14-20(16)21(25)23-8-13-29-15-17-3-5-18(22)6-4-17/h2-7,14H,8-13,15H2,1H3,(H,23,25). The van der Waals surface area contributed by atoms with Crippen molar-refractivity contribution in [2.24, 2.45) is 0 Å². The van der Waals surface area contributed by atoms with E-state index in [1.807, 2.05) is 24.3 Å². The Kier molecular flexibility index (Phi) is 8.19. The fourth-order valence-electron chi connectivity index (χ4n) is 3.04. The number of carbonyl (C=O) groups is 1.